The fourth-order valence-corrected chi connectivity index (χ4v) is 6.52. The van der Waals surface area contributed by atoms with Crippen LogP contribution in [0.1, 0.15) is 41.7 Å². The third-order valence-corrected chi connectivity index (χ3v) is 8.84. The first-order valence-corrected chi connectivity index (χ1v) is 13.4. The van der Waals surface area contributed by atoms with E-state index in [1.807, 2.05) is 58.2 Å². The molecule has 5 rings (SSSR count). The number of nitrogens with zero attached hydrogens (tertiary/aromatic N) is 3. The number of thiophene rings is 1. The number of carbonyl (C=O) groups excluding carboxylic acids is 3. The Kier molecular flexibility index (Phi) is 6.57. The number of anilines is 1. The number of carbonyl (C=O) groups is 3. The first-order chi connectivity index (χ1) is 16.8. The summed E-state index contributed by atoms with van der Waals surface area (Å²) in [6.07, 6.45) is 3.11. The number of aryl methyl sites for hydroxylation is 2. The summed E-state index contributed by atoms with van der Waals surface area (Å²) < 4.78 is 0. The summed E-state index contributed by atoms with van der Waals surface area (Å²) in [6.45, 7) is 8.08. The van der Waals surface area contributed by atoms with Gasteiger partial charge in [-0.3, -0.25) is 9.59 Å². The molecule has 3 saturated heterocycles. The Hall–Kier alpha value is -2.87. The monoisotopic (exact) mass is 494 g/mol. The summed E-state index contributed by atoms with van der Waals surface area (Å²) in [5.74, 6) is -0.0334. The fourth-order valence-electron chi connectivity index (χ4n) is 5.80. The first kappa shape index (κ1) is 23.9. The average Bonchev–Trinajstić information content (AvgIpc) is 3.58. The van der Waals surface area contributed by atoms with Crippen LogP contribution in [0, 0.1) is 25.2 Å². The third-order valence-electron chi connectivity index (χ3n) is 7.98. The molecule has 1 aromatic carbocycles. The maximum Gasteiger partial charge on any atom is 0.321 e. The molecule has 35 heavy (non-hydrogen) atoms. The van der Waals surface area contributed by atoms with Gasteiger partial charge in [-0.2, -0.15) is 0 Å². The molecule has 8 heteroatoms. The van der Waals surface area contributed by atoms with E-state index in [2.05, 4.69) is 11.4 Å². The Bertz CT molecular complexity index is 1110. The van der Waals surface area contributed by atoms with Crippen molar-refractivity contribution in [1.29, 1.82) is 0 Å². The molecule has 0 radical (unpaired) electrons. The smallest absolute Gasteiger partial charge is 0.321 e. The molecule has 1 aromatic heterocycles. The van der Waals surface area contributed by atoms with E-state index < -0.39 is 0 Å². The molecule has 3 aliphatic rings. The van der Waals surface area contributed by atoms with Gasteiger partial charge < -0.3 is 20.0 Å². The van der Waals surface area contributed by atoms with Crippen LogP contribution in [0.15, 0.2) is 35.7 Å². The van der Waals surface area contributed by atoms with Crippen LogP contribution in [0.25, 0.3) is 0 Å². The van der Waals surface area contributed by atoms with Crippen molar-refractivity contribution in [3.8, 4) is 0 Å². The molecule has 3 fully saturated rings. The average molecular weight is 495 g/mol. The molecule has 2 aromatic rings. The lowest BCUT2D eigenvalue weighted by molar-refractivity contribution is -0.135. The number of hydrogen-bond donors (Lipinski definition) is 1. The predicted molar refractivity (Wildman–Crippen MR) is 137 cm³/mol. The van der Waals surface area contributed by atoms with Gasteiger partial charge in [-0.1, -0.05) is 23.8 Å². The van der Waals surface area contributed by atoms with Gasteiger partial charge in [-0.15, -0.1) is 11.3 Å². The molecule has 1 spiro atoms. The molecule has 0 aliphatic carbocycles. The van der Waals surface area contributed by atoms with Gasteiger partial charge in [-0.05, 0) is 61.6 Å². The summed E-state index contributed by atoms with van der Waals surface area (Å²) in [4.78, 5) is 45.5. The maximum atomic E-state index is 13.3. The number of benzene rings is 1. The quantitative estimate of drug-likeness (QED) is 0.690. The van der Waals surface area contributed by atoms with Crippen molar-refractivity contribution in [3.63, 3.8) is 0 Å². The van der Waals surface area contributed by atoms with Gasteiger partial charge in [0.05, 0.1) is 12.5 Å². The number of rotatable bonds is 4. The standard InChI is InChI=1S/C27H34N4O3S/c1-19-5-6-23(20(2)14-19)28-26(34)29-10-7-27(8-11-29)9-12-30(18-27)25(33)21-15-24(32)31(16-21)17-22-4-3-13-35-22/h3-6,13-14,21H,7-12,15-18H2,1-2H3,(H,28,34). The number of amides is 4. The second kappa shape index (κ2) is 9.64. The second-order valence-corrected chi connectivity index (χ2v) is 11.5. The molecule has 4 amide bonds. The minimum atomic E-state index is -0.235. The Balaban J connectivity index is 1.12. The van der Waals surface area contributed by atoms with Crippen molar-refractivity contribution in [2.24, 2.45) is 11.3 Å². The van der Waals surface area contributed by atoms with E-state index in [0.29, 0.717) is 32.6 Å². The highest BCUT2D eigenvalue weighted by molar-refractivity contribution is 7.09. The minimum Gasteiger partial charge on any atom is -0.342 e. The lowest BCUT2D eigenvalue weighted by Crippen LogP contribution is -2.46. The minimum absolute atomic E-state index is 0.0481. The van der Waals surface area contributed by atoms with Crippen molar-refractivity contribution in [3.05, 3.63) is 51.7 Å². The molecule has 1 unspecified atom stereocenters. The zero-order valence-electron chi connectivity index (χ0n) is 20.6. The molecule has 0 saturated carbocycles. The number of hydrogen-bond acceptors (Lipinski definition) is 4. The lowest BCUT2D eigenvalue weighted by Gasteiger charge is -2.39. The normalized spacial score (nSPS) is 21.7. The zero-order valence-corrected chi connectivity index (χ0v) is 21.4. The van der Waals surface area contributed by atoms with Crippen molar-refractivity contribution in [1.82, 2.24) is 14.7 Å². The molecule has 186 valence electrons. The van der Waals surface area contributed by atoms with Gasteiger partial charge in [0.25, 0.3) is 0 Å². The molecule has 0 bridgehead atoms. The van der Waals surface area contributed by atoms with Crippen molar-refractivity contribution in [2.75, 3.05) is 38.0 Å². The van der Waals surface area contributed by atoms with E-state index in [1.54, 1.807) is 11.3 Å². The Morgan fingerprint density at radius 2 is 1.83 bits per heavy atom. The molecular formula is C27H34N4O3S. The molecular weight excluding hydrogens is 460 g/mol. The highest BCUT2D eigenvalue weighted by Gasteiger charge is 2.45. The van der Waals surface area contributed by atoms with Crippen molar-refractivity contribution >= 4 is 34.9 Å². The molecule has 3 aliphatic heterocycles. The highest BCUT2D eigenvalue weighted by Crippen LogP contribution is 2.41. The Labute approximate surface area is 211 Å². The van der Waals surface area contributed by atoms with Crippen LogP contribution < -0.4 is 5.32 Å². The predicted octanol–water partition coefficient (Wildman–Crippen LogP) is 4.26. The van der Waals surface area contributed by atoms with E-state index in [0.717, 1.165) is 48.5 Å². The fraction of sp³-hybridized carbons (Fsp3) is 0.519. The van der Waals surface area contributed by atoms with E-state index in [1.165, 1.54) is 5.56 Å². The Morgan fingerprint density at radius 1 is 1.09 bits per heavy atom. The van der Waals surface area contributed by atoms with Gasteiger partial charge in [0.15, 0.2) is 0 Å². The number of urea groups is 1. The van der Waals surface area contributed by atoms with Gasteiger partial charge in [0.2, 0.25) is 11.8 Å². The number of likely N-dealkylation sites (tertiary alicyclic amines) is 3. The van der Waals surface area contributed by atoms with Crippen LogP contribution in [-0.4, -0.2) is 65.3 Å². The van der Waals surface area contributed by atoms with Crippen LogP contribution >= 0.6 is 11.3 Å². The summed E-state index contributed by atoms with van der Waals surface area (Å²) in [7, 11) is 0. The second-order valence-electron chi connectivity index (χ2n) is 10.5. The topological polar surface area (TPSA) is 73.0 Å². The summed E-state index contributed by atoms with van der Waals surface area (Å²) in [5.41, 5.74) is 3.19. The third kappa shape index (κ3) is 5.08. The summed E-state index contributed by atoms with van der Waals surface area (Å²) >= 11 is 1.64. The zero-order chi connectivity index (χ0) is 24.6. The lowest BCUT2D eigenvalue weighted by atomic mass is 9.78. The molecule has 1 N–H and O–H groups in total. The van der Waals surface area contributed by atoms with Crippen LogP contribution in [0.3, 0.4) is 0 Å². The largest absolute Gasteiger partial charge is 0.342 e. The highest BCUT2D eigenvalue weighted by atomic mass is 32.1. The van der Waals surface area contributed by atoms with E-state index >= 15 is 0 Å². The molecule has 7 nitrogen and oxygen atoms in total. The summed E-state index contributed by atoms with van der Waals surface area (Å²) in [5, 5.41) is 5.08. The summed E-state index contributed by atoms with van der Waals surface area (Å²) in [6, 6.07) is 10.0. The number of piperidine rings is 1. The van der Waals surface area contributed by atoms with Crippen LogP contribution in [-0.2, 0) is 16.1 Å². The first-order valence-electron chi connectivity index (χ1n) is 12.5. The van der Waals surface area contributed by atoms with Crippen LogP contribution in [0.5, 0.6) is 0 Å². The Morgan fingerprint density at radius 3 is 2.51 bits per heavy atom. The van der Waals surface area contributed by atoms with Crippen LogP contribution in [0.4, 0.5) is 10.5 Å². The van der Waals surface area contributed by atoms with Crippen LogP contribution in [0.2, 0.25) is 0 Å². The van der Waals surface area contributed by atoms with Gasteiger partial charge in [0.1, 0.15) is 0 Å². The SMILES string of the molecule is Cc1ccc(NC(=O)N2CCC3(CC2)CCN(C(=O)C2CC(=O)N(Cc4cccs4)C2)C3)c(C)c1. The molecule has 4 heterocycles. The van der Waals surface area contributed by atoms with Gasteiger partial charge >= 0.3 is 6.03 Å². The molecule has 1 atom stereocenters. The van der Waals surface area contributed by atoms with Gasteiger partial charge in [-0.25, -0.2) is 4.79 Å². The van der Waals surface area contributed by atoms with Crippen molar-refractivity contribution < 1.29 is 14.4 Å². The van der Waals surface area contributed by atoms with E-state index in [4.69, 9.17) is 0 Å². The maximum absolute atomic E-state index is 13.3. The van der Waals surface area contributed by atoms with E-state index in [-0.39, 0.29) is 29.2 Å². The van der Waals surface area contributed by atoms with Crippen molar-refractivity contribution in [2.45, 2.75) is 46.1 Å². The van der Waals surface area contributed by atoms with Gasteiger partial charge in [0, 0.05) is 49.7 Å². The van der Waals surface area contributed by atoms with E-state index in [9.17, 15) is 14.4 Å². The number of nitrogens with one attached hydrogen (secondary N) is 1.